The smallest absolute Gasteiger partial charge is 0.233 e. The van der Waals surface area contributed by atoms with E-state index in [1.807, 2.05) is 59.5 Å². The first-order valence-electron chi connectivity index (χ1n) is 10.5. The number of carbonyl (C=O) groups excluding carboxylic acids is 1. The molecule has 1 aromatic heterocycles. The molecule has 0 radical (unpaired) electrons. The topological polar surface area (TPSA) is 67.8 Å². The van der Waals surface area contributed by atoms with Crippen LogP contribution in [0, 0.1) is 0 Å². The van der Waals surface area contributed by atoms with Gasteiger partial charge >= 0.3 is 0 Å². The third-order valence-electron chi connectivity index (χ3n) is 5.49. The molecule has 2 aromatic carbocycles. The van der Waals surface area contributed by atoms with E-state index in [0.29, 0.717) is 41.1 Å². The first kappa shape index (κ1) is 23.2. The van der Waals surface area contributed by atoms with Crippen LogP contribution in [-0.2, 0) is 4.79 Å². The highest BCUT2D eigenvalue weighted by molar-refractivity contribution is 7.99. The standard InChI is InChI=1S/C24H25ClN4O3S/c1-31-19-7-9-22(32-2)20(15-19)21-8-10-23(27-26-21)33-16-24(30)29-13-11-28(12-14-29)18-5-3-17(25)4-6-18/h3-10,15H,11-14,16H2,1-2H3. The van der Waals surface area contributed by atoms with E-state index >= 15 is 0 Å². The minimum atomic E-state index is 0.107. The average Bonchev–Trinajstić information content (AvgIpc) is 2.87. The molecule has 1 amide bonds. The number of hydrogen-bond donors (Lipinski definition) is 0. The molecule has 2 heterocycles. The number of benzene rings is 2. The number of rotatable bonds is 7. The first-order valence-corrected chi connectivity index (χ1v) is 11.9. The van der Waals surface area contributed by atoms with Crippen molar-refractivity contribution in [2.24, 2.45) is 0 Å². The second-order valence-corrected chi connectivity index (χ2v) is 8.89. The molecule has 0 unspecified atom stereocenters. The van der Waals surface area contributed by atoms with Crippen LogP contribution in [0.2, 0.25) is 5.02 Å². The number of methoxy groups -OCH3 is 2. The minimum Gasteiger partial charge on any atom is -0.497 e. The molecular weight excluding hydrogens is 460 g/mol. The van der Waals surface area contributed by atoms with Crippen LogP contribution in [0.3, 0.4) is 0 Å². The molecule has 1 saturated heterocycles. The summed E-state index contributed by atoms with van der Waals surface area (Å²) in [6, 6.07) is 17.1. The number of carbonyl (C=O) groups is 1. The summed E-state index contributed by atoms with van der Waals surface area (Å²) >= 11 is 7.37. The van der Waals surface area contributed by atoms with Crippen LogP contribution < -0.4 is 14.4 Å². The van der Waals surface area contributed by atoms with E-state index in [4.69, 9.17) is 21.1 Å². The van der Waals surface area contributed by atoms with Crippen molar-refractivity contribution in [3.05, 3.63) is 59.6 Å². The molecule has 9 heteroatoms. The van der Waals surface area contributed by atoms with Crippen molar-refractivity contribution in [3.8, 4) is 22.8 Å². The second-order valence-electron chi connectivity index (χ2n) is 7.46. The number of thioether (sulfide) groups is 1. The molecule has 7 nitrogen and oxygen atoms in total. The van der Waals surface area contributed by atoms with E-state index in [1.54, 1.807) is 14.2 Å². The Hall–Kier alpha value is -2.97. The van der Waals surface area contributed by atoms with Crippen molar-refractivity contribution in [2.45, 2.75) is 5.03 Å². The summed E-state index contributed by atoms with van der Waals surface area (Å²) in [6.07, 6.45) is 0. The van der Waals surface area contributed by atoms with Crippen LogP contribution in [0.25, 0.3) is 11.3 Å². The highest BCUT2D eigenvalue weighted by atomic mass is 35.5. The normalized spacial score (nSPS) is 13.7. The number of halogens is 1. The van der Waals surface area contributed by atoms with Crippen molar-refractivity contribution in [2.75, 3.05) is 51.1 Å². The summed E-state index contributed by atoms with van der Waals surface area (Å²) in [7, 11) is 3.23. The third kappa shape index (κ3) is 5.69. The molecule has 0 N–H and O–H groups in total. The van der Waals surface area contributed by atoms with Gasteiger partial charge in [-0.2, -0.15) is 0 Å². The van der Waals surface area contributed by atoms with Crippen molar-refractivity contribution >= 4 is 35.0 Å². The Kier molecular flexibility index (Phi) is 7.57. The molecule has 1 aliphatic heterocycles. The lowest BCUT2D eigenvalue weighted by Crippen LogP contribution is -2.49. The van der Waals surface area contributed by atoms with Gasteiger partial charge in [0.1, 0.15) is 16.5 Å². The maximum atomic E-state index is 12.7. The van der Waals surface area contributed by atoms with Gasteiger partial charge in [-0.25, -0.2) is 0 Å². The molecule has 1 aliphatic rings. The fourth-order valence-corrected chi connectivity index (χ4v) is 4.49. The molecule has 3 aromatic rings. The zero-order valence-corrected chi connectivity index (χ0v) is 20.1. The van der Waals surface area contributed by atoms with Gasteiger partial charge in [0.15, 0.2) is 0 Å². The van der Waals surface area contributed by atoms with E-state index < -0.39 is 0 Å². The van der Waals surface area contributed by atoms with Gasteiger partial charge in [0.25, 0.3) is 0 Å². The molecule has 0 aliphatic carbocycles. The number of nitrogens with zero attached hydrogens (tertiary/aromatic N) is 4. The van der Waals surface area contributed by atoms with Gasteiger partial charge < -0.3 is 19.3 Å². The molecule has 0 atom stereocenters. The molecule has 0 saturated carbocycles. The van der Waals surface area contributed by atoms with Gasteiger partial charge in [-0.3, -0.25) is 4.79 Å². The van der Waals surface area contributed by atoms with Crippen LogP contribution in [0.4, 0.5) is 5.69 Å². The maximum Gasteiger partial charge on any atom is 0.233 e. The quantitative estimate of drug-likeness (QED) is 0.464. The van der Waals surface area contributed by atoms with Crippen LogP contribution in [0.15, 0.2) is 59.6 Å². The Bertz CT molecular complexity index is 1090. The predicted octanol–water partition coefficient (Wildman–Crippen LogP) is 4.26. The predicted molar refractivity (Wildman–Crippen MR) is 132 cm³/mol. The first-order chi connectivity index (χ1) is 16.1. The minimum absolute atomic E-state index is 0.107. The fourth-order valence-electron chi connectivity index (χ4n) is 3.65. The fraction of sp³-hybridized carbons (Fsp3) is 0.292. The van der Waals surface area contributed by atoms with Crippen molar-refractivity contribution in [1.29, 1.82) is 0 Å². The third-order valence-corrected chi connectivity index (χ3v) is 6.65. The van der Waals surface area contributed by atoms with Gasteiger partial charge in [-0.15, -0.1) is 10.2 Å². The zero-order chi connectivity index (χ0) is 23.2. The summed E-state index contributed by atoms with van der Waals surface area (Å²) < 4.78 is 10.7. The summed E-state index contributed by atoms with van der Waals surface area (Å²) in [6.45, 7) is 2.99. The summed E-state index contributed by atoms with van der Waals surface area (Å²) in [4.78, 5) is 16.9. The van der Waals surface area contributed by atoms with Gasteiger partial charge in [-0.1, -0.05) is 23.4 Å². The number of anilines is 1. The number of ether oxygens (including phenoxy) is 2. The summed E-state index contributed by atoms with van der Waals surface area (Å²) in [5, 5.41) is 10.0. The van der Waals surface area contributed by atoms with Crippen molar-refractivity contribution < 1.29 is 14.3 Å². The Morgan fingerprint density at radius 3 is 2.36 bits per heavy atom. The molecule has 1 fully saturated rings. The number of hydrogen-bond acceptors (Lipinski definition) is 7. The summed E-state index contributed by atoms with van der Waals surface area (Å²) in [5.41, 5.74) is 2.61. The van der Waals surface area contributed by atoms with Crippen LogP contribution in [-0.4, -0.2) is 67.2 Å². The Morgan fingerprint density at radius 2 is 1.73 bits per heavy atom. The van der Waals surface area contributed by atoms with Crippen molar-refractivity contribution in [3.63, 3.8) is 0 Å². The van der Waals surface area contributed by atoms with Crippen LogP contribution in [0.1, 0.15) is 0 Å². The van der Waals surface area contributed by atoms with Crippen LogP contribution in [0.5, 0.6) is 11.5 Å². The molecule has 33 heavy (non-hydrogen) atoms. The lowest BCUT2D eigenvalue weighted by Gasteiger charge is -2.36. The van der Waals surface area contributed by atoms with Gasteiger partial charge in [0, 0.05) is 42.5 Å². The number of piperazine rings is 1. The van der Waals surface area contributed by atoms with E-state index in [2.05, 4.69) is 15.1 Å². The lowest BCUT2D eigenvalue weighted by molar-refractivity contribution is -0.128. The second kappa shape index (κ2) is 10.8. The zero-order valence-electron chi connectivity index (χ0n) is 18.5. The Morgan fingerprint density at radius 1 is 0.970 bits per heavy atom. The monoisotopic (exact) mass is 484 g/mol. The van der Waals surface area contributed by atoms with Crippen LogP contribution >= 0.6 is 23.4 Å². The maximum absolute atomic E-state index is 12.7. The van der Waals surface area contributed by atoms with E-state index in [1.165, 1.54) is 11.8 Å². The Balaban J connectivity index is 1.31. The highest BCUT2D eigenvalue weighted by Gasteiger charge is 2.21. The molecule has 0 spiro atoms. The molecule has 0 bridgehead atoms. The molecule has 172 valence electrons. The molecular formula is C24H25ClN4O3S. The number of amides is 1. The number of aromatic nitrogens is 2. The van der Waals surface area contributed by atoms with Crippen molar-refractivity contribution in [1.82, 2.24) is 15.1 Å². The largest absolute Gasteiger partial charge is 0.497 e. The van der Waals surface area contributed by atoms with Gasteiger partial charge in [0.2, 0.25) is 5.91 Å². The molecule has 4 rings (SSSR count). The van der Waals surface area contributed by atoms with E-state index in [-0.39, 0.29) is 5.91 Å². The highest BCUT2D eigenvalue weighted by Crippen LogP contribution is 2.32. The lowest BCUT2D eigenvalue weighted by atomic mass is 10.1. The SMILES string of the molecule is COc1ccc(OC)c(-c2ccc(SCC(=O)N3CCN(c4ccc(Cl)cc4)CC3)nn2)c1. The van der Waals surface area contributed by atoms with Gasteiger partial charge in [-0.05, 0) is 54.6 Å². The van der Waals surface area contributed by atoms with E-state index in [9.17, 15) is 4.79 Å². The van der Waals surface area contributed by atoms with E-state index in [0.717, 1.165) is 29.4 Å². The average molecular weight is 485 g/mol. The Labute approximate surface area is 202 Å². The van der Waals surface area contributed by atoms with Gasteiger partial charge in [0.05, 0.1) is 25.7 Å². The summed E-state index contributed by atoms with van der Waals surface area (Å²) in [5.74, 6) is 1.85.